The molecule has 0 aliphatic carbocycles. The van der Waals surface area contributed by atoms with Crippen molar-refractivity contribution < 1.29 is 9.53 Å². The molecular formula is C11H18O2S. The molecule has 0 rings (SSSR count). The summed E-state index contributed by atoms with van der Waals surface area (Å²) < 4.78 is 4.32. The van der Waals surface area contributed by atoms with Crippen LogP contribution in [0.5, 0.6) is 0 Å². The van der Waals surface area contributed by atoms with Gasteiger partial charge >= 0.3 is 5.97 Å². The normalized spacial score (nSPS) is 7.79. The van der Waals surface area contributed by atoms with Gasteiger partial charge in [0, 0.05) is 17.9 Å². The van der Waals surface area contributed by atoms with Crippen molar-refractivity contribution in [3.05, 3.63) is 38.2 Å². The average molecular weight is 214 g/mol. The summed E-state index contributed by atoms with van der Waals surface area (Å²) in [6.45, 7) is 12.1. The number of hydrogen-bond acceptors (Lipinski definition) is 3. The number of hydrogen-bond donors (Lipinski definition) is 0. The lowest BCUT2D eigenvalue weighted by Crippen LogP contribution is -1.94. The number of thioether (sulfide) groups is 1. The van der Waals surface area contributed by atoms with Crippen molar-refractivity contribution in [3.8, 4) is 0 Å². The first-order valence-electron chi connectivity index (χ1n) is 4.32. The van der Waals surface area contributed by atoms with E-state index in [4.69, 9.17) is 0 Å². The Morgan fingerprint density at radius 2 is 1.79 bits per heavy atom. The molecule has 0 unspecified atom stereocenters. The highest BCUT2D eigenvalue weighted by molar-refractivity contribution is 7.99. The van der Waals surface area contributed by atoms with Crippen LogP contribution in [0, 0.1) is 0 Å². The molecule has 0 saturated carbocycles. The lowest BCUT2D eigenvalue weighted by molar-refractivity contribution is -0.137. The number of ether oxygens (including phenoxy) is 1. The summed E-state index contributed by atoms with van der Waals surface area (Å²) >= 11 is 1.82. The van der Waals surface area contributed by atoms with E-state index in [-0.39, 0.29) is 5.97 Å². The molecule has 0 saturated heterocycles. The monoisotopic (exact) mass is 214 g/mol. The van der Waals surface area contributed by atoms with Gasteiger partial charge in [-0.05, 0) is 0 Å². The van der Waals surface area contributed by atoms with Crippen molar-refractivity contribution in [1.82, 2.24) is 0 Å². The van der Waals surface area contributed by atoms with Crippen LogP contribution in [0.3, 0.4) is 0 Å². The standard InChI is InChI=1S/C6H10S.C5H8O2/c1-3-5-7-6-4-2;1-3-5(6)7-4-2/h3-4H,1-2,5-6H2;4H,2-3H2,1H3. The van der Waals surface area contributed by atoms with Crippen LogP contribution in [0.2, 0.25) is 0 Å². The second-order valence-corrected chi connectivity index (χ2v) is 3.20. The Kier molecular flexibility index (Phi) is 16.1. The Morgan fingerprint density at radius 1 is 1.29 bits per heavy atom. The topological polar surface area (TPSA) is 26.3 Å². The van der Waals surface area contributed by atoms with E-state index in [0.717, 1.165) is 17.8 Å². The fraction of sp³-hybridized carbons (Fsp3) is 0.364. The number of esters is 1. The highest BCUT2D eigenvalue weighted by Gasteiger charge is 1.89. The van der Waals surface area contributed by atoms with Gasteiger partial charge in [0.2, 0.25) is 0 Å². The van der Waals surface area contributed by atoms with E-state index in [1.54, 1.807) is 6.92 Å². The first-order chi connectivity index (χ1) is 6.72. The Labute approximate surface area is 90.7 Å². The summed E-state index contributed by atoms with van der Waals surface area (Å²) in [5, 5.41) is 0. The summed E-state index contributed by atoms with van der Waals surface area (Å²) in [5.41, 5.74) is 0. The number of rotatable bonds is 6. The van der Waals surface area contributed by atoms with E-state index < -0.39 is 0 Å². The third-order valence-electron chi connectivity index (χ3n) is 0.975. The van der Waals surface area contributed by atoms with Gasteiger partial charge in [-0.2, -0.15) is 11.8 Å². The van der Waals surface area contributed by atoms with Gasteiger partial charge < -0.3 is 4.74 Å². The molecule has 0 aromatic heterocycles. The molecule has 2 nitrogen and oxygen atoms in total. The largest absolute Gasteiger partial charge is 0.435 e. The van der Waals surface area contributed by atoms with Gasteiger partial charge in [0.1, 0.15) is 0 Å². The molecular weight excluding hydrogens is 196 g/mol. The van der Waals surface area contributed by atoms with Crippen LogP contribution >= 0.6 is 11.8 Å². The minimum absolute atomic E-state index is 0.241. The summed E-state index contributed by atoms with van der Waals surface area (Å²) in [5.74, 6) is 1.83. The van der Waals surface area contributed by atoms with Crippen molar-refractivity contribution in [2.24, 2.45) is 0 Å². The average Bonchev–Trinajstić information content (AvgIpc) is 2.20. The zero-order valence-electron chi connectivity index (χ0n) is 8.70. The Bertz CT molecular complexity index is 168. The quantitative estimate of drug-likeness (QED) is 0.294. The van der Waals surface area contributed by atoms with Gasteiger partial charge in [-0.15, -0.1) is 13.2 Å². The smallest absolute Gasteiger partial charge is 0.310 e. The van der Waals surface area contributed by atoms with E-state index in [0.29, 0.717) is 6.42 Å². The molecule has 0 N–H and O–H groups in total. The minimum atomic E-state index is -0.241. The van der Waals surface area contributed by atoms with Crippen LogP contribution < -0.4 is 0 Å². The van der Waals surface area contributed by atoms with E-state index >= 15 is 0 Å². The highest BCUT2D eigenvalue weighted by atomic mass is 32.2. The summed E-state index contributed by atoms with van der Waals surface area (Å²) in [7, 11) is 0. The van der Waals surface area contributed by atoms with Gasteiger partial charge in [-0.3, -0.25) is 4.79 Å². The number of carbonyl (C=O) groups excluding carboxylic acids is 1. The maximum Gasteiger partial charge on any atom is 0.310 e. The van der Waals surface area contributed by atoms with Crippen molar-refractivity contribution >= 4 is 17.7 Å². The zero-order valence-corrected chi connectivity index (χ0v) is 9.52. The molecule has 0 heterocycles. The molecule has 80 valence electrons. The maximum atomic E-state index is 10.1. The number of carbonyl (C=O) groups is 1. The van der Waals surface area contributed by atoms with Gasteiger partial charge in [-0.1, -0.05) is 25.7 Å². The summed E-state index contributed by atoms with van der Waals surface area (Å²) in [6, 6.07) is 0. The molecule has 0 atom stereocenters. The molecule has 0 amide bonds. The molecule has 0 fully saturated rings. The van der Waals surface area contributed by atoms with Crippen LogP contribution in [0.15, 0.2) is 38.2 Å². The molecule has 0 aromatic rings. The maximum absolute atomic E-state index is 10.1. The summed E-state index contributed by atoms with van der Waals surface area (Å²) in [6.07, 6.45) is 5.33. The van der Waals surface area contributed by atoms with Crippen LogP contribution in [0.4, 0.5) is 0 Å². The lowest BCUT2D eigenvalue weighted by Gasteiger charge is -1.88. The van der Waals surface area contributed by atoms with Gasteiger partial charge in [0.15, 0.2) is 0 Å². The van der Waals surface area contributed by atoms with Crippen LogP contribution in [0.1, 0.15) is 13.3 Å². The second-order valence-electron chi connectivity index (χ2n) is 2.12. The Morgan fingerprint density at radius 3 is 2.00 bits per heavy atom. The van der Waals surface area contributed by atoms with E-state index in [2.05, 4.69) is 24.5 Å². The lowest BCUT2D eigenvalue weighted by atomic mass is 10.5. The van der Waals surface area contributed by atoms with Crippen LogP contribution in [-0.4, -0.2) is 17.5 Å². The predicted molar refractivity (Wildman–Crippen MR) is 64.3 cm³/mol. The van der Waals surface area contributed by atoms with Crippen molar-refractivity contribution in [2.45, 2.75) is 13.3 Å². The minimum Gasteiger partial charge on any atom is -0.435 e. The molecule has 3 heteroatoms. The molecule has 0 spiro atoms. The van der Waals surface area contributed by atoms with Crippen molar-refractivity contribution in [1.29, 1.82) is 0 Å². The van der Waals surface area contributed by atoms with E-state index in [9.17, 15) is 4.79 Å². The zero-order chi connectivity index (χ0) is 11.2. The molecule has 0 aliphatic rings. The van der Waals surface area contributed by atoms with Crippen molar-refractivity contribution in [3.63, 3.8) is 0 Å². The first-order valence-corrected chi connectivity index (χ1v) is 5.48. The first kappa shape index (κ1) is 15.5. The van der Waals surface area contributed by atoms with Crippen molar-refractivity contribution in [2.75, 3.05) is 11.5 Å². The van der Waals surface area contributed by atoms with Crippen LogP contribution in [-0.2, 0) is 9.53 Å². The Balaban J connectivity index is 0. The molecule has 0 radical (unpaired) electrons. The molecule has 14 heavy (non-hydrogen) atoms. The van der Waals surface area contributed by atoms with E-state index in [1.165, 1.54) is 0 Å². The Hall–Kier alpha value is -0.960. The van der Waals surface area contributed by atoms with Gasteiger partial charge in [0.05, 0.1) is 6.26 Å². The fourth-order valence-electron chi connectivity index (χ4n) is 0.411. The SMILES string of the molecule is C=CCSCC=C.C=COC(=O)CC. The molecule has 0 aromatic carbocycles. The molecule has 0 bridgehead atoms. The van der Waals surface area contributed by atoms with Gasteiger partial charge in [0.25, 0.3) is 0 Å². The van der Waals surface area contributed by atoms with Gasteiger partial charge in [-0.25, -0.2) is 0 Å². The third-order valence-corrected chi connectivity index (χ3v) is 1.92. The van der Waals surface area contributed by atoms with E-state index in [1.807, 2.05) is 23.9 Å². The fourth-order valence-corrected chi connectivity index (χ4v) is 0.880. The second kappa shape index (κ2) is 14.6. The molecule has 0 aliphatic heterocycles. The summed E-state index contributed by atoms with van der Waals surface area (Å²) in [4.78, 5) is 10.1. The predicted octanol–water partition coefficient (Wildman–Crippen LogP) is 3.17. The third kappa shape index (κ3) is 17.2. The highest BCUT2D eigenvalue weighted by Crippen LogP contribution is 1.97. The van der Waals surface area contributed by atoms with Crippen LogP contribution in [0.25, 0.3) is 0 Å².